The molecule has 4 rings (SSSR count). The van der Waals surface area contributed by atoms with E-state index in [9.17, 15) is 19.8 Å². The number of carbonyl (C=O) groups excluding carboxylic acids is 2. The zero-order chi connectivity index (χ0) is 23.7. The number of aliphatic hydroxyl groups excluding tert-OH is 1. The van der Waals surface area contributed by atoms with Crippen molar-refractivity contribution in [2.75, 3.05) is 7.11 Å². The molecule has 1 amide bonds. The predicted molar refractivity (Wildman–Crippen MR) is 123 cm³/mol. The molecule has 3 aromatic rings. The standard InChI is InChI=1S/C26H24N2O5/c1-15-6-7-16(2)19(11-15)24(30)22-23(18-8-9-20(29)21(12-18)33-3)28(26(32)25(22)31)14-17-5-4-10-27-13-17/h4-13,23,29-30H,14H2,1-3H3/b24-22-. The van der Waals surface area contributed by atoms with Crippen molar-refractivity contribution in [3.8, 4) is 11.5 Å². The van der Waals surface area contributed by atoms with Gasteiger partial charge >= 0.3 is 0 Å². The van der Waals surface area contributed by atoms with Gasteiger partial charge in [0.05, 0.1) is 18.7 Å². The van der Waals surface area contributed by atoms with E-state index in [1.807, 2.05) is 32.0 Å². The first-order valence-electron chi connectivity index (χ1n) is 10.4. The minimum Gasteiger partial charge on any atom is -0.507 e. The van der Waals surface area contributed by atoms with Crippen molar-refractivity contribution >= 4 is 17.4 Å². The van der Waals surface area contributed by atoms with Crippen LogP contribution in [-0.4, -0.2) is 38.9 Å². The fourth-order valence-electron chi connectivity index (χ4n) is 4.08. The number of rotatable bonds is 5. The maximum atomic E-state index is 13.2. The molecule has 2 aromatic carbocycles. The van der Waals surface area contributed by atoms with Crippen molar-refractivity contribution < 1.29 is 24.5 Å². The molecular weight excluding hydrogens is 420 g/mol. The van der Waals surface area contributed by atoms with E-state index in [1.54, 1.807) is 36.7 Å². The van der Waals surface area contributed by atoms with Gasteiger partial charge in [-0.2, -0.15) is 0 Å². The maximum absolute atomic E-state index is 13.2. The van der Waals surface area contributed by atoms with E-state index in [0.29, 0.717) is 11.1 Å². The van der Waals surface area contributed by atoms with E-state index < -0.39 is 17.7 Å². The van der Waals surface area contributed by atoms with E-state index >= 15 is 0 Å². The van der Waals surface area contributed by atoms with Crippen molar-refractivity contribution in [2.24, 2.45) is 0 Å². The number of aromatic nitrogens is 1. The highest BCUT2D eigenvalue weighted by Crippen LogP contribution is 2.42. The fourth-order valence-corrected chi connectivity index (χ4v) is 4.08. The lowest BCUT2D eigenvalue weighted by Gasteiger charge is -2.26. The zero-order valence-electron chi connectivity index (χ0n) is 18.6. The lowest BCUT2D eigenvalue weighted by molar-refractivity contribution is -0.140. The molecular formula is C26H24N2O5. The van der Waals surface area contributed by atoms with Crippen molar-refractivity contribution in [1.29, 1.82) is 0 Å². The number of methoxy groups -OCH3 is 1. The number of carbonyl (C=O) groups is 2. The smallest absolute Gasteiger partial charge is 0.295 e. The minimum absolute atomic E-state index is 0.00895. The molecule has 168 valence electrons. The number of hydrogen-bond donors (Lipinski definition) is 2. The zero-order valence-corrected chi connectivity index (χ0v) is 18.6. The number of benzene rings is 2. The van der Waals surface area contributed by atoms with Crippen LogP contribution in [0, 0.1) is 13.8 Å². The lowest BCUT2D eigenvalue weighted by Crippen LogP contribution is -2.29. The second kappa shape index (κ2) is 8.78. The summed E-state index contributed by atoms with van der Waals surface area (Å²) in [4.78, 5) is 31.9. The molecule has 1 aromatic heterocycles. The molecule has 1 unspecified atom stereocenters. The molecule has 0 radical (unpaired) electrons. The molecule has 1 saturated heterocycles. The molecule has 1 atom stereocenters. The molecule has 7 nitrogen and oxygen atoms in total. The van der Waals surface area contributed by atoms with Crippen LogP contribution in [0.4, 0.5) is 0 Å². The van der Waals surface area contributed by atoms with Gasteiger partial charge in [-0.1, -0.05) is 29.8 Å². The number of nitrogens with zero attached hydrogens (tertiary/aromatic N) is 2. The van der Waals surface area contributed by atoms with E-state index in [2.05, 4.69) is 4.98 Å². The molecule has 1 fully saturated rings. The average molecular weight is 444 g/mol. The summed E-state index contributed by atoms with van der Waals surface area (Å²) in [5, 5.41) is 21.4. The van der Waals surface area contributed by atoms with Gasteiger partial charge < -0.3 is 19.8 Å². The molecule has 1 aliphatic heterocycles. The summed E-state index contributed by atoms with van der Waals surface area (Å²) in [5.41, 5.74) is 3.44. The average Bonchev–Trinajstić information content (AvgIpc) is 3.06. The van der Waals surface area contributed by atoms with Crippen LogP contribution in [0.1, 0.15) is 33.9 Å². The van der Waals surface area contributed by atoms with Crippen LogP contribution in [0.3, 0.4) is 0 Å². The first-order valence-corrected chi connectivity index (χ1v) is 10.4. The molecule has 2 N–H and O–H groups in total. The monoisotopic (exact) mass is 444 g/mol. The Bertz CT molecular complexity index is 1270. The van der Waals surface area contributed by atoms with E-state index in [0.717, 1.165) is 16.7 Å². The van der Waals surface area contributed by atoms with Gasteiger partial charge in [-0.15, -0.1) is 0 Å². The molecule has 7 heteroatoms. The minimum atomic E-state index is -0.875. The first kappa shape index (κ1) is 22.1. The van der Waals surface area contributed by atoms with Gasteiger partial charge in [0.25, 0.3) is 11.7 Å². The quantitative estimate of drug-likeness (QED) is 0.350. The van der Waals surface area contributed by atoms with Crippen LogP contribution < -0.4 is 4.74 Å². The Labute approximate surface area is 191 Å². The summed E-state index contributed by atoms with van der Waals surface area (Å²) < 4.78 is 5.24. The van der Waals surface area contributed by atoms with Crippen molar-refractivity contribution in [2.45, 2.75) is 26.4 Å². The van der Waals surface area contributed by atoms with Crippen LogP contribution in [-0.2, 0) is 16.1 Å². The summed E-state index contributed by atoms with van der Waals surface area (Å²) >= 11 is 0. The van der Waals surface area contributed by atoms with E-state index in [1.165, 1.54) is 18.1 Å². The highest BCUT2D eigenvalue weighted by atomic mass is 16.5. The van der Waals surface area contributed by atoms with Crippen molar-refractivity contribution in [1.82, 2.24) is 9.88 Å². The Balaban J connectivity index is 1.93. The van der Waals surface area contributed by atoms with Crippen LogP contribution in [0.25, 0.3) is 5.76 Å². The third-order valence-electron chi connectivity index (χ3n) is 5.78. The largest absolute Gasteiger partial charge is 0.507 e. The van der Waals surface area contributed by atoms with Gasteiger partial charge in [-0.25, -0.2) is 0 Å². The molecule has 0 bridgehead atoms. The summed E-state index contributed by atoms with van der Waals surface area (Å²) in [6.07, 6.45) is 3.25. The number of hydrogen-bond acceptors (Lipinski definition) is 6. The predicted octanol–water partition coefficient (Wildman–Crippen LogP) is 4.03. The SMILES string of the molecule is COc1cc(C2/C(=C(/O)c3cc(C)ccc3C)C(=O)C(=O)N2Cc2cccnc2)ccc1O. The Morgan fingerprint density at radius 2 is 1.91 bits per heavy atom. The first-order chi connectivity index (χ1) is 15.8. The van der Waals surface area contributed by atoms with Crippen molar-refractivity contribution in [3.05, 3.63) is 94.3 Å². The lowest BCUT2D eigenvalue weighted by atomic mass is 9.93. The third kappa shape index (κ3) is 4.05. The fraction of sp³-hybridized carbons (Fsp3) is 0.192. The summed E-state index contributed by atoms with van der Waals surface area (Å²) in [6, 6.07) is 12.9. The highest BCUT2D eigenvalue weighted by molar-refractivity contribution is 6.46. The Morgan fingerprint density at radius 3 is 2.61 bits per heavy atom. The van der Waals surface area contributed by atoms with Gasteiger partial charge in [0.2, 0.25) is 0 Å². The Morgan fingerprint density at radius 1 is 1.12 bits per heavy atom. The second-order valence-corrected chi connectivity index (χ2v) is 8.04. The van der Waals surface area contributed by atoms with Gasteiger partial charge in [0.15, 0.2) is 11.5 Å². The Hall–Kier alpha value is -4.13. The number of aromatic hydroxyl groups is 1. The van der Waals surface area contributed by atoms with Gasteiger partial charge in [0, 0.05) is 24.5 Å². The van der Waals surface area contributed by atoms with Crippen LogP contribution in [0.5, 0.6) is 11.5 Å². The number of likely N-dealkylation sites (tertiary alicyclic amines) is 1. The van der Waals surface area contributed by atoms with Crippen molar-refractivity contribution in [3.63, 3.8) is 0 Å². The summed E-state index contributed by atoms with van der Waals surface area (Å²) in [5.74, 6) is -1.59. The normalized spacial score (nSPS) is 17.4. The number of amides is 1. The van der Waals surface area contributed by atoms with Gasteiger partial charge in [-0.3, -0.25) is 14.6 Å². The molecule has 33 heavy (non-hydrogen) atoms. The summed E-state index contributed by atoms with van der Waals surface area (Å²) in [6.45, 7) is 3.84. The molecule has 1 aliphatic rings. The number of aryl methyl sites for hydroxylation is 2. The molecule has 0 aliphatic carbocycles. The van der Waals surface area contributed by atoms with Crippen LogP contribution in [0.2, 0.25) is 0 Å². The number of ketones is 1. The third-order valence-corrected chi connectivity index (χ3v) is 5.78. The van der Waals surface area contributed by atoms with E-state index in [4.69, 9.17) is 4.74 Å². The Kier molecular flexibility index (Phi) is 5.87. The van der Waals surface area contributed by atoms with E-state index in [-0.39, 0.29) is 29.4 Å². The second-order valence-electron chi connectivity index (χ2n) is 8.04. The highest BCUT2D eigenvalue weighted by Gasteiger charge is 2.46. The van der Waals surface area contributed by atoms with Crippen LogP contribution >= 0.6 is 0 Å². The summed E-state index contributed by atoms with van der Waals surface area (Å²) in [7, 11) is 1.42. The molecule has 2 heterocycles. The topological polar surface area (TPSA) is 100.0 Å². The molecule has 0 saturated carbocycles. The van der Waals surface area contributed by atoms with Gasteiger partial charge in [0.1, 0.15) is 5.76 Å². The number of phenols is 1. The number of Topliss-reactive ketones (excluding diaryl/α,β-unsaturated/α-hetero) is 1. The number of aliphatic hydroxyl groups is 1. The number of ether oxygens (including phenoxy) is 1. The number of pyridine rings is 1. The van der Waals surface area contributed by atoms with Gasteiger partial charge in [-0.05, 0) is 54.8 Å². The maximum Gasteiger partial charge on any atom is 0.295 e. The van der Waals surface area contributed by atoms with Crippen LogP contribution in [0.15, 0.2) is 66.5 Å². The molecule has 0 spiro atoms. The number of phenolic OH excluding ortho intramolecular Hbond substituents is 1.